The summed E-state index contributed by atoms with van der Waals surface area (Å²) in [7, 11) is 1.91. The molecule has 1 aromatic carbocycles. The number of hydrogen-bond donors (Lipinski definition) is 2. The third kappa shape index (κ3) is 3.57. The van der Waals surface area contributed by atoms with Crippen molar-refractivity contribution in [2.45, 2.75) is 37.5 Å². The topological polar surface area (TPSA) is 41.1 Å². The van der Waals surface area contributed by atoms with Crippen molar-refractivity contribution in [1.82, 2.24) is 10.6 Å². The summed E-state index contributed by atoms with van der Waals surface area (Å²) in [6, 6.07) is 10.6. The van der Waals surface area contributed by atoms with Gasteiger partial charge in [0.05, 0.1) is 0 Å². The monoisotopic (exact) mass is 260 g/mol. The van der Waals surface area contributed by atoms with Gasteiger partial charge in [-0.1, -0.05) is 36.8 Å². The average molecular weight is 260 g/mol. The SMILES string of the molecule is CNCCCC(=O)NCC1(c2ccccc2)CCC1. The van der Waals surface area contributed by atoms with Gasteiger partial charge >= 0.3 is 0 Å². The zero-order valence-corrected chi connectivity index (χ0v) is 11.7. The second-order valence-electron chi connectivity index (χ2n) is 5.48. The Morgan fingerprint density at radius 1 is 1.26 bits per heavy atom. The first-order chi connectivity index (χ1) is 9.27. The van der Waals surface area contributed by atoms with Crippen LogP contribution in [0.25, 0.3) is 0 Å². The lowest BCUT2D eigenvalue weighted by Crippen LogP contribution is -2.45. The summed E-state index contributed by atoms with van der Waals surface area (Å²) >= 11 is 0. The molecule has 0 atom stereocenters. The van der Waals surface area contributed by atoms with Gasteiger partial charge in [0.1, 0.15) is 0 Å². The van der Waals surface area contributed by atoms with E-state index in [2.05, 4.69) is 34.9 Å². The Labute approximate surface area is 115 Å². The van der Waals surface area contributed by atoms with Gasteiger partial charge in [0.15, 0.2) is 0 Å². The maximum Gasteiger partial charge on any atom is 0.220 e. The Balaban J connectivity index is 1.85. The van der Waals surface area contributed by atoms with E-state index >= 15 is 0 Å². The molecule has 3 heteroatoms. The van der Waals surface area contributed by atoms with Crippen LogP contribution in [0.3, 0.4) is 0 Å². The first-order valence-electron chi connectivity index (χ1n) is 7.24. The number of carbonyl (C=O) groups excluding carboxylic acids is 1. The van der Waals surface area contributed by atoms with E-state index < -0.39 is 0 Å². The number of amides is 1. The molecule has 1 amide bonds. The lowest BCUT2D eigenvalue weighted by molar-refractivity contribution is -0.121. The van der Waals surface area contributed by atoms with E-state index in [0.717, 1.165) is 19.5 Å². The van der Waals surface area contributed by atoms with Crippen LogP contribution in [0.1, 0.15) is 37.7 Å². The smallest absolute Gasteiger partial charge is 0.220 e. The Morgan fingerprint density at radius 2 is 2.00 bits per heavy atom. The van der Waals surface area contributed by atoms with Gasteiger partial charge in [0.2, 0.25) is 5.91 Å². The molecular formula is C16H24N2O. The molecule has 0 bridgehead atoms. The van der Waals surface area contributed by atoms with Gasteiger partial charge in [0.25, 0.3) is 0 Å². The molecule has 0 heterocycles. The van der Waals surface area contributed by atoms with E-state index in [-0.39, 0.29) is 11.3 Å². The highest BCUT2D eigenvalue weighted by atomic mass is 16.1. The zero-order chi connectivity index (χ0) is 13.6. The molecule has 2 N–H and O–H groups in total. The molecule has 0 radical (unpaired) electrons. The van der Waals surface area contributed by atoms with Crippen molar-refractivity contribution in [3.05, 3.63) is 35.9 Å². The molecule has 0 aromatic heterocycles. The Morgan fingerprint density at radius 3 is 2.58 bits per heavy atom. The van der Waals surface area contributed by atoms with Crippen molar-refractivity contribution in [2.24, 2.45) is 0 Å². The molecule has 2 rings (SSSR count). The molecule has 1 aliphatic rings. The second-order valence-corrected chi connectivity index (χ2v) is 5.48. The van der Waals surface area contributed by atoms with Crippen molar-refractivity contribution in [1.29, 1.82) is 0 Å². The van der Waals surface area contributed by atoms with E-state index in [1.54, 1.807) is 0 Å². The summed E-state index contributed by atoms with van der Waals surface area (Å²) in [5.41, 5.74) is 1.57. The highest BCUT2D eigenvalue weighted by Gasteiger charge is 2.38. The van der Waals surface area contributed by atoms with E-state index in [4.69, 9.17) is 0 Å². The number of carbonyl (C=O) groups is 1. The van der Waals surface area contributed by atoms with Gasteiger partial charge in [-0.15, -0.1) is 0 Å². The van der Waals surface area contributed by atoms with Crippen molar-refractivity contribution in [2.75, 3.05) is 20.1 Å². The highest BCUT2D eigenvalue weighted by molar-refractivity contribution is 5.76. The van der Waals surface area contributed by atoms with Gasteiger partial charge in [-0.05, 0) is 38.4 Å². The van der Waals surface area contributed by atoms with Gasteiger partial charge in [-0.3, -0.25) is 4.79 Å². The molecule has 1 saturated carbocycles. The first-order valence-corrected chi connectivity index (χ1v) is 7.24. The van der Waals surface area contributed by atoms with Gasteiger partial charge in [-0.2, -0.15) is 0 Å². The summed E-state index contributed by atoms with van der Waals surface area (Å²) in [5.74, 6) is 0.178. The molecule has 0 unspecified atom stereocenters. The van der Waals surface area contributed by atoms with Crippen LogP contribution in [-0.2, 0) is 10.2 Å². The van der Waals surface area contributed by atoms with Crippen LogP contribution >= 0.6 is 0 Å². The van der Waals surface area contributed by atoms with Crippen LogP contribution in [0.2, 0.25) is 0 Å². The third-order valence-corrected chi connectivity index (χ3v) is 4.15. The number of hydrogen-bond acceptors (Lipinski definition) is 2. The fourth-order valence-electron chi connectivity index (χ4n) is 2.74. The van der Waals surface area contributed by atoms with Gasteiger partial charge in [-0.25, -0.2) is 0 Å². The highest BCUT2D eigenvalue weighted by Crippen LogP contribution is 2.43. The van der Waals surface area contributed by atoms with E-state index in [1.165, 1.54) is 24.8 Å². The summed E-state index contributed by atoms with van der Waals surface area (Å²) in [6.45, 7) is 1.69. The largest absolute Gasteiger partial charge is 0.355 e. The summed E-state index contributed by atoms with van der Waals surface area (Å²) < 4.78 is 0. The van der Waals surface area contributed by atoms with Crippen LogP contribution in [0, 0.1) is 0 Å². The molecule has 0 spiro atoms. The van der Waals surface area contributed by atoms with E-state index in [9.17, 15) is 4.79 Å². The molecule has 1 aromatic rings. The third-order valence-electron chi connectivity index (χ3n) is 4.15. The summed E-state index contributed by atoms with van der Waals surface area (Å²) in [5, 5.41) is 6.18. The summed E-state index contributed by atoms with van der Waals surface area (Å²) in [4.78, 5) is 11.8. The molecule has 104 valence electrons. The first kappa shape index (κ1) is 14.1. The van der Waals surface area contributed by atoms with Crippen LogP contribution in [0.15, 0.2) is 30.3 Å². The number of rotatable bonds is 7. The molecule has 0 aliphatic heterocycles. The van der Waals surface area contributed by atoms with Crippen molar-refractivity contribution >= 4 is 5.91 Å². The second kappa shape index (κ2) is 6.71. The minimum Gasteiger partial charge on any atom is -0.355 e. The minimum atomic E-state index is 0.178. The summed E-state index contributed by atoms with van der Waals surface area (Å²) in [6.07, 6.45) is 5.17. The molecule has 1 fully saturated rings. The normalized spacial score (nSPS) is 16.7. The predicted molar refractivity (Wildman–Crippen MR) is 78.1 cm³/mol. The average Bonchev–Trinajstić information content (AvgIpc) is 2.39. The maximum atomic E-state index is 11.8. The van der Waals surface area contributed by atoms with Crippen LogP contribution in [0.5, 0.6) is 0 Å². The van der Waals surface area contributed by atoms with Crippen molar-refractivity contribution < 1.29 is 4.79 Å². The van der Waals surface area contributed by atoms with Crippen LogP contribution in [-0.4, -0.2) is 26.0 Å². The Bertz CT molecular complexity index is 398. The molecule has 3 nitrogen and oxygen atoms in total. The molecule has 19 heavy (non-hydrogen) atoms. The minimum absolute atomic E-state index is 0.178. The Hall–Kier alpha value is -1.35. The number of benzene rings is 1. The quantitative estimate of drug-likeness (QED) is 0.738. The van der Waals surface area contributed by atoms with Crippen molar-refractivity contribution in [3.8, 4) is 0 Å². The standard InChI is InChI=1S/C16H24N2O/c1-17-12-5-9-15(19)18-13-16(10-6-11-16)14-7-3-2-4-8-14/h2-4,7-8,17H,5-6,9-13H2,1H3,(H,18,19). The fraction of sp³-hybridized carbons (Fsp3) is 0.562. The lowest BCUT2D eigenvalue weighted by atomic mass is 9.64. The zero-order valence-electron chi connectivity index (χ0n) is 11.7. The fourth-order valence-corrected chi connectivity index (χ4v) is 2.74. The van der Waals surface area contributed by atoms with E-state index in [0.29, 0.717) is 6.42 Å². The molecule has 0 saturated heterocycles. The van der Waals surface area contributed by atoms with E-state index in [1.807, 2.05) is 13.1 Å². The van der Waals surface area contributed by atoms with Gasteiger partial charge < -0.3 is 10.6 Å². The molecule has 1 aliphatic carbocycles. The van der Waals surface area contributed by atoms with Crippen LogP contribution < -0.4 is 10.6 Å². The van der Waals surface area contributed by atoms with Gasteiger partial charge in [0, 0.05) is 18.4 Å². The maximum absolute atomic E-state index is 11.8. The number of nitrogens with one attached hydrogen (secondary N) is 2. The van der Waals surface area contributed by atoms with Crippen LogP contribution in [0.4, 0.5) is 0 Å². The van der Waals surface area contributed by atoms with Crippen molar-refractivity contribution in [3.63, 3.8) is 0 Å². The predicted octanol–water partition coefficient (Wildman–Crippen LogP) is 2.22. The Kier molecular flexibility index (Phi) is 4.97. The molecular weight excluding hydrogens is 236 g/mol. The lowest BCUT2D eigenvalue weighted by Gasteiger charge is -2.42.